The molecule has 1 amide bonds. The summed E-state index contributed by atoms with van der Waals surface area (Å²) in [5.74, 6) is 0.161. The second-order valence-corrected chi connectivity index (χ2v) is 5.61. The minimum absolute atomic E-state index is 0.0201. The summed E-state index contributed by atoms with van der Waals surface area (Å²) in [6, 6.07) is 4.58. The lowest BCUT2D eigenvalue weighted by Gasteiger charge is -2.05. The van der Waals surface area contributed by atoms with E-state index in [1.165, 1.54) is 6.07 Å². The Kier molecular flexibility index (Phi) is 4.95. The molecule has 1 atom stereocenters. The quantitative estimate of drug-likeness (QED) is 0.880. The number of halogens is 1. The second kappa shape index (κ2) is 6.00. The van der Waals surface area contributed by atoms with Gasteiger partial charge in [0.2, 0.25) is 0 Å². The molecular formula is C10H12BrNO3S. The van der Waals surface area contributed by atoms with Crippen molar-refractivity contribution in [3.63, 3.8) is 0 Å². The SMILES string of the molecule is CS(=O)CCNC(=O)c1ccc(Br)c(O)c1. The number of carbonyl (C=O) groups excluding carboxylic acids is 1. The molecule has 0 aliphatic heterocycles. The lowest BCUT2D eigenvalue weighted by atomic mass is 10.2. The van der Waals surface area contributed by atoms with E-state index < -0.39 is 10.8 Å². The highest BCUT2D eigenvalue weighted by molar-refractivity contribution is 9.10. The van der Waals surface area contributed by atoms with Crippen molar-refractivity contribution < 1.29 is 14.1 Å². The molecule has 0 aromatic heterocycles. The number of aromatic hydroxyl groups is 1. The van der Waals surface area contributed by atoms with E-state index in [9.17, 15) is 14.1 Å². The van der Waals surface area contributed by atoms with Crippen LogP contribution in [-0.4, -0.2) is 33.8 Å². The van der Waals surface area contributed by atoms with Gasteiger partial charge in [0.05, 0.1) is 4.47 Å². The number of rotatable bonds is 4. The van der Waals surface area contributed by atoms with Crippen LogP contribution < -0.4 is 5.32 Å². The van der Waals surface area contributed by atoms with Crippen molar-refractivity contribution in [2.24, 2.45) is 0 Å². The predicted octanol–water partition coefficient (Wildman–Crippen LogP) is 1.26. The molecule has 1 rings (SSSR count). The van der Waals surface area contributed by atoms with Crippen LogP contribution in [0.3, 0.4) is 0 Å². The lowest BCUT2D eigenvalue weighted by Crippen LogP contribution is -2.27. The minimum Gasteiger partial charge on any atom is -0.507 e. The molecule has 2 N–H and O–H groups in total. The Bertz CT molecular complexity index is 423. The normalized spacial score (nSPS) is 12.1. The van der Waals surface area contributed by atoms with Crippen molar-refractivity contribution in [2.75, 3.05) is 18.6 Å². The third-order valence-corrected chi connectivity index (χ3v) is 3.33. The van der Waals surface area contributed by atoms with Crippen LogP contribution in [0.25, 0.3) is 0 Å². The van der Waals surface area contributed by atoms with Gasteiger partial charge in [-0.05, 0) is 34.1 Å². The zero-order valence-corrected chi connectivity index (χ0v) is 11.1. The number of nitrogens with one attached hydrogen (secondary N) is 1. The molecule has 0 fully saturated rings. The van der Waals surface area contributed by atoms with Crippen LogP contribution >= 0.6 is 15.9 Å². The maximum Gasteiger partial charge on any atom is 0.251 e. The summed E-state index contributed by atoms with van der Waals surface area (Å²) in [4.78, 5) is 11.6. The highest BCUT2D eigenvalue weighted by atomic mass is 79.9. The average molecular weight is 306 g/mol. The maximum absolute atomic E-state index is 11.6. The summed E-state index contributed by atoms with van der Waals surface area (Å²) in [5, 5.41) is 12.0. The van der Waals surface area contributed by atoms with Crippen LogP contribution in [0, 0.1) is 0 Å². The van der Waals surface area contributed by atoms with Crippen LogP contribution in [0.4, 0.5) is 0 Å². The standard InChI is InChI=1S/C10H12BrNO3S/c1-16(15)5-4-12-10(14)7-2-3-8(11)9(13)6-7/h2-3,6,13H,4-5H2,1H3,(H,12,14). The van der Waals surface area contributed by atoms with Crippen molar-refractivity contribution in [1.29, 1.82) is 0 Å². The summed E-state index contributed by atoms with van der Waals surface area (Å²) in [6.45, 7) is 0.360. The number of phenolic OH excluding ortho intramolecular Hbond substituents is 1. The number of phenols is 1. The van der Waals surface area contributed by atoms with Gasteiger partial charge in [0.1, 0.15) is 5.75 Å². The number of hydrogen-bond acceptors (Lipinski definition) is 3. The van der Waals surface area contributed by atoms with Gasteiger partial charge in [0, 0.05) is 34.9 Å². The Hall–Kier alpha value is -0.880. The van der Waals surface area contributed by atoms with Gasteiger partial charge in [-0.25, -0.2) is 0 Å². The fourth-order valence-electron chi connectivity index (χ4n) is 1.06. The molecule has 0 bridgehead atoms. The summed E-state index contributed by atoms with van der Waals surface area (Å²) in [7, 11) is -0.918. The highest BCUT2D eigenvalue weighted by Gasteiger charge is 2.07. The number of carbonyl (C=O) groups is 1. The van der Waals surface area contributed by atoms with Crippen LogP contribution in [0.2, 0.25) is 0 Å². The van der Waals surface area contributed by atoms with Crippen molar-refractivity contribution in [3.05, 3.63) is 28.2 Å². The van der Waals surface area contributed by atoms with E-state index in [1.54, 1.807) is 18.4 Å². The van der Waals surface area contributed by atoms with Crippen LogP contribution in [0.5, 0.6) is 5.75 Å². The molecular weight excluding hydrogens is 294 g/mol. The molecule has 0 spiro atoms. The number of amides is 1. The van der Waals surface area contributed by atoms with Gasteiger partial charge in [-0.15, -0.1) is 0 Å². The van der Waals surface area contributed by atoms with Crippen molar-refractivity contribution in [1.82, 2.24) is 5.32 Å². The fourth-order valence-corrected chi connectivity index (χ4v) is 1.70. The molecule has 6 heteroatoms. The third kappa shape index (κ3) is 3.94. The summed E-state index contributed by atoms with van der Waals surface area (Å²) in [5.41, 5.74) is 0.377. The zero-order chi connectivity index (χ0) is 12.1. The average Bonchev–Trinajstić information content (AvgIpc) is 2.21. The van der Waals surface area contributed by atoms with Gasteiger partial charge in [0.25, 0.3) is 5.91 Å². The largest absolute Gasteiger partial charge is 0.507 e. The molecule has 1 unspecified atom stereocenters. The smallest absolute Gasteiger partial charge is 0.251 e. The van der Waals surface area contributed by atoms with E-state index in [2.05, 4.69) is 21.2 Å². The van der Waals surface area contributed by atoms with Gasteiger partial charge in [0.15, 0.2) is 0 Å². The molecule has 4 nitrogen and oxygen atoms in total. The molecule has 0 radical (unpaired) electrons. The van der Waals surface area contributed by atoms with Gasteiger partial charge >= 0.3 is 0 Å². The van der Waals surface area contributed by atoms with Crippen LogP contribution in [0.1, 0.15) is 10.4 Å². The second-order valence-electron chi connectivity index (χ2n) is 3.20. The minimum atomic E-state index is -0.918. The van der Waals surface area contributed by atoms with Crippen molar-refractivity contribution >= 4 is 32.6 Å². The highest BCUT2D eigenvalue weighted by Crippen LogP contribution is 2.24. The van der Waals surface area contributed by atoms with Gasteiger partial charge in [-0.3, -0.25) is 9.00 Å². The number of benzene rings is 1. The number of hydrogen-bond donors (Lipinski definition) is 2. The monoisotopic (exact) mass is 305 g/mol. The molecule has 16 heavy (non-hydrogen) atoms. The predicted molar refractivity (Wildman–Crippen MR) is 67.1 cm³/mol. The van der Waals surface area contributed by atoms with E-state index in [0.717, 1.165) is 0 Å². The first-order valence-corrected chi connectivity index (χ1v) is 7.09. The Balaban J connectivity index is 2.59. The Labute approximate surface area is 105 Å². The molecule has 1 aromatic rings. The topological polar surface area (TPSA) is 66.4 Å². The molecule has 1 aromatic carbocycles. The van der Waals surface area contributed by atoms with E-state index in [4.69, 9.17) is 0 Å². The van der Waals surface area contributed by atoms with Gasteiger partial charge in [-0.2, -0.15) is 0 Å². The van der Waals surface area contributed by atoms with Crippen molar-refractivity contribution in [3.8, 4) is 5.75 Å². The first kappa shape index (κ1) is 13.2. The Morgan fingerprint density at radius 2 is 2.25 bits per heavy atom. The lowest BCUT2D eigenvalue weighted by molar-refractivity contribution is 0.0955. The van der Waals surface area contributed by atoms with E-state index in [-0.39, 0.29) is 11.7 Å². The zero-order valence-electron chi connectivity index (χ0n) is 8.70. The summed E-state index contributed by atoms with van der Waals surface area (Å²) < 4.78 is 11.3. The van der Waals surface area contributed by atoms with E-state index in [0.29, 0.717) is 22.3 Å². The maximum atomic E-state index is 11.6. The molecule has 88 valence electrons. The van der Waals surface area contributed by atoms with Crippen LogP contribution in [0.15, 0.2) is 22.7 Å². The van der Waals surface area contributed by atoms with E-state index in [1.807, 2.05) is 0 Å². The molecule has 0 saturated heterocycles. The van der Waals surface area contributed by atoms with Crippen molar-refractivity contribution in [2.45, 2.75) is 0 Å². The molecule has 0 heterocycles. The molecule has 0 aliphatic rings. The molecule has 0 saturated carbocycles. The van der Waals surface area contributed by atoms with Crippen LogP contribution in [-0.2, 0) is 10.8 Å². The first-order chi connectivity index (χ1) is 7.50. The first-order valence-electron chi connectivity index (χ1n) is 4.57. The third-order valence-electron chi connectivity index (χ3n) is 1.88. The molecule has 0 aliphatic carbocycles. The summed E-state index contributed by atoms with van der Waals surface area (Å²) >= 11 is 3.13. The Morgan fingerprint density at radius 1 is 1.56 bits per heavy atom. The van der Waals surface area contributed by atoms with Gasteiger partial charge < -0.3 is 10.4 Å². The van der Waals surface area contributed by atoms with E-state index >= 15 is 0 Å². The summed E-state index contributed by atoms with van der Waals surface area (Å²) in [6.07, 6.45) is 1.58. The fraction of sp³-hybridized carbons (Fsp3) is 0.300. The Morgan fingerprint density at radius 3 is 2.81 bits per heavy atom. The van der Waals surface area contributed by atoms with Gasteiger partial charge in [-0.1, -0.05) is 0 Å².